The van der Waals surface area contributed by atoms with E-state index in [0.29, 0.717) is 31.0 Å². The third-order valence-corrected chi connectivity index (χ3v) is 5.48. The fourth-order valence-electron chi connectivity index (χ4n) is 3.73. The van der Waals surface area contributed by atoms with E-state index >= 15 is 0 Å². The van der Waals surface area contributed by atoms with E-state index in [1.165, 1.54) is 11.0 Å². The van der Waals surface area contributed by atoms with Crippen LogP contribution in [0.25, 0.3) is 0 Å². The van der Waals surface area contributed by atoms with Crippen molar-refractivity contribution in [1.29, 1.82) is 0 Å². The fraction of sp³-hybridized carbons (Fsp3) is 0.400. The van der Waals surface area contributed by atoms with Crippen molar-refractivity contribution in [3.63, 3.8) is 0 Å². The first-order valence-electron chi connectivity index (χ1n) is 9.80. The lowest BCUT2D eigenvalue weighted by molar-refractivity contribution is -0.149. The number of aromatic nitrogens is 2. The number of hydrogen-bond acceptors (Lipinski definition) is 5. The lowest BCUT2D eigenvalue weighted by Gasteiger charge is -2.35. The van der Waals surface area contributed by atoms with Crippen molar-refractivity contribution in [2.75, 3.05) is 28.2 Å². The molecule has 0 aliphatic carbocycles. The maximum Gasteiger partial charge on any atom is 0.408 e. The van der Waals surface area contributed by atoms with Gasteiger partial charge < -0.3 is 10.2 Å². The number of rotatable bonds is 3. The number of nitrogens with one attached hydrogen (secondary N) is 2. The smallest absolute Gasteiger partial charge is 0.366 e. The van der Waals surface area contributed by atoms with Crippen molar-refractivity contribution in [3.8, 4) is 0 Å². The molecule has 0 spiro atoms. The van der Waals surface area contributed by atoms with Crippen LogP contribution in [0, 0.1) is 6.92 Å². The Morgan fingerprint density at radius 1 is 1.26 bits per heavy atom. The zero-order chi connectivity index (χ0) is 22.3. The van der Waals surface area contributed by atoms with E-state index in [1.807, 2.05) is 23.2 Å². The molecule has 2 aliphatic heterocycles. The van der Waals surface area contributed by atoms with Crippen LogP contribution in [0.4, 0.5) is 35.3 Å². The van der Waals surface area contributed by atoms with Gasteiger partial charge in [-0.3, -0.25) is 15.0 Å². The van der Waals surface area contributed by atoms with Gasteiger partial charge in [0.1, 0.15) is 17.6 Å². The maximum absolute atomic E-state index is 13.1. The van der Waals surface area contributed by atoms with Crippen LogP contribution >= 0.6 is 0 Å². The standard InChI is InChI=1S/C20H21F3N6O2/c1-11-4-3-8-24-16(11)27-19(31)29-13-7-9-28(10-13)15-6-5-14(26-17(15)29)18(30)25-12(2)20(21,22)23/h3-6,8,12-13H,7,9-10H2,1-2H3,(H,25,30)(H,24,27,31)/t12-,13+/m1/s1. The number of carbonyl (C=O) groups excluding carboxylic acids is 2. The molecule has 2 aromatic heterocycles. The molecule has 2 aliphatic rings. The van der Waals surface area contributed by atoms with Gasteiger partial charge in [-0.25, -0.2) is 14.8 Å². The second-order valence-corrected chi connectivity index (χ2v) is 7.63. The average molecular weight is 434 g/mol. The molecule has 0 saturated carbocycles. The highest BCUT2D eigenvalue weighted by Crippen LogP contribution is 2.39. The summed E-state index contributed by atoms with van der Waals surface area (Å²) < 4.78 is 38.4. The number of nitrogens with zero attached hydrogens (tertiary/aromatic N) is 4. The molecule has 2 N–H and O–H groups in total. The molecule has 31 heavy (non-hydrogen) atoms. The molecule has 11 heteroatoms. The number of halogens is 3. The molecule has 0 unspecified atom stereocenters. The summed E-state index contributed by atoms with van der Waals surface area (Å²) in [5.41, 5.74) is 1.24. The second-order valence-electron chi connectivity index (χ2n) is 7.63. The topological polar surface area (TPSA) is 90.5 Å². The Kier molecular flexibility index (Phi) is 5.19. The van der Waals surface area contributed by atoms with Crippen LogP contribution in [0.3, 0.4) is 0 Å². The minimum Gasteiger partial charge on any atom is -0.366 e. The van der Waals surface area contributed by atoms with E-state index in [4.69, 9.17) is 0 Å². The van der Waals surface area contributed by atoms with Gasteiger partial charge in [-0.1, -0.05) is 6.07 Å². The van der Waals surface area contributed by atoms with Crippen LogP contribution in [0.15, 0.2) is 30.5 Å². The van der Waals surface area contributed by atoms with Crippen LogP contribution < -0.4 is 20.4 Å². The van der Waals surface area contributed by atoms with Gasteiger partial charge in [-0.2, -0.15) is 13.2 Å². The normalized spacial score (nSPS) is 18.4. The quantitative estimate of drug-likeness (QED) is 0.775. The first-order valence-corrected chi connectivity index (χ1v) is 9.80. The Bertz CT molecular complexity index is 1030. The summed E-state index contributed by atoms with van der Waals surface area (Å²) >= 11 is 0. The molecule has 2 atom stereocenters. The number of carbonyl (C=O) groups is 2. The van der Waals surface area contributed by atoms with Crippen molar-refractivity contribution in [1.82, 2.24) is 15.3 Å². The van der Waals surface area contributed by atoms with Gasteiger partial charge in [0.25, 0.3) is 5.91 Å². The lowest BCUT2D eigenvalue weighted by Crippen LogP contribution is -2.49. The van der Waals surface area contributed by atoms with Crippen LogP contribution in [0.5, 0.6) is 0 Å². The van der Waals surface area contributed by atoms with E-state index < -0.39 is 24.2 Å². The number of aryl methyl sites for hydroxylation is 1. The number of pyridine rings is 2. The largest absolute Gasteiger partial charge is 0.408 e. The van der Waals surface area contributed by atoms with Crippen LogP contribution in [-0.4, -0.2) is 53.3 Å². The van der Waals surface area contributed by atoms with Gasteiger partial charge in [0.15, 0.2) is 5.82 Å². The van der Waals surface area contributed by atoms with Crippen molar-refractivity contribution in [3.05, 3.63) is 41.7 Å². The molecule has 4 heterocycles. The summed E-state index contributed by atoms with van der Waals surface area (Å²) in [5, 5.41) is 4.68. The molecule has 4 rings (SSSR count). The van der Waals surface area contributed by atoms with Crippen molar-refractivity contribution < 1.29 is 22.8 Å². The molecule has 8 nitrogen and oxygen atoms in total. The number of alkyl halides is 3. The second kappa shape index (κ2) is 7.71. The molecule has 1 saturated heterocycles. The van der Waals surface area contributed by atoms with Gasteiger partial charge in [0.2, 0.25) is 0 Å². The highest BCUT2D eigenvalue weighted by molar-refractivity contribution is 6.05. The summed E-state index contributed by atoms with van der Waals surface area (Å²) in [6.07, 6.45) is -2.30. The minimum absolute atomic E-state index is 0.170. The number of amides is 3. The highest BCUT2D eigenvalue weighted by atomic mass is 19.4. The molecule has 0 aromatic carbocycles. The summed E-state index contributed by atoms with van der Waals surface area (Å²) in [6, 6.07) is 3.90. The van der Waals surface area contributed by atoms with Gasteiger partial charge in [-0.05, 0) is 44.0 Å². The van der Waals surface area contributed by atoms with E-state index in [-0.39, 0.29) is 17.6 Å². The number of hydrogen-bond donors (Lipinski definition) is 2. The first-order chi connectivity index (χ1) is 14.6. The van der Waals surface area contributed by atoms with Crippen LogP contribution in [0.1, 0.15) is 29.4 Å². The van der Waals surface area contributed by atoms with Gasteiger partial charge >= 0.3 is 12.2 Å². The summed E-state index contributed by atoms with van der Waals surface area (Å²) in [6.45, 7) is 3.99. The van der Waals surface area contributed by atoms with Crippen molar-refractivity contribution >= 4 is 29.3 Å². The van der Waals surface area contributed by atoms with Gasteiger partial charge in [-0.15, -0.1) is 0 Å². The van der Waals surface area contributed by atoms with Gasteiger partial charge in [0.05, 0.1) is 11.7 Å². The van der Waals surface area contributed by atoms with E-state index in [2.05, 4.69) is 15.3 Å². The summed E-state index contributed by atoms with van der Waals surface area (Å²) in [4.78, 5) is 37.5. The van der Waals surface area contributed by atoms with E-state index in [0.717, 1.165) is 12.5 Å². The highest BCUT2D eigenvalue weighted by Gasteiger charge is 2.41. The van der Waals surface area contributed by atoms with Crippen molar-refractivity contribution in [2.24, 2.45) is 0 Å². The predicted molar refractivity (Wildman–Crippen MR) is 108 cm³/mol. The molecule has 1 fully saturated rings. The zero-order valence-corrected chi connectivity index (χ0v) is 16.9. The molecule has 2 aromatic rings. The average Bonchev–Trinajstić information content (AvgIpc) is 3.13. The van der Waals surface area contributed by atoms with E-state index in [1.54, 1.807) is 18.3 Å². The first kappa shape index (κ1) is 20.9. The summed E-state index contributed by atoms with van der Waals surface area (Å²) in [7, 11) is 0. The molecule has 0 radical (unpaired) electrons. The van der Waals surface area contributed by atoms with Gasteiger partial charge in [0, 0.05) is 19.3 Å². The summed E-state index contributed by atoms with van der Waals surface area (Å²) in [5.74, 6) is -0.309. The molecule has 2 bridgehead atoms. The molecule has 164 valence electrons. The maximum atomic E-state index is 13.1. The molecular weight excluding hydrogens is 413 g/mol. The SMILES string of the molecule is Cc1cccnc1NC(=O)N1c2nc(C(=O)N[C@H](C)C(F)(F)F)ccc2N2CC[C@H]1C2. The monoisotopic (exact) mass is 434 g/mol. The van der Waals surface area contributed by atoms with Crippen LogP contribution in [0.2, 0.25) is 0 Å². The third-order valence-electron chi connectivity index (χ3n) is 5.48. The predicted octanol–water partition coefficient (Wildman–Crippen LogP) is 3.10. The van der Waals surface area contributed by atoms with Crippen molar-refractivity contribution in [2.45, 2.75) is 38.5 Å². The van der Waals surface area contributed by atoms with E-state index in [9.17, 15) is 22.8 Å². The number of urea groups is 1. The Hall–Kier alpha value is -3.37. The Morgan fingerprint density at radius 2 is 2.03 bits per heavy atom. The number of anilines is 3. The Labute approximate surface area is 176 Å². The lowest BCUT2D eigenvalue weighted by atomic mass is 10.1. The Morgan fingerprint density at radius 3 is 2.74 bits per heavy atom. The zero-order valence-electron chi connectivity index (χ0n) is 16.9. The minimum atomic E-state index is -4.57. The Balaban J connectivity index is 1.64. The molecule has 3 amide bonds. The van der Waals surface area contributed by atoms with Crippen LogP contribution in [-0.2, 0) is 0 Å². The third kappa shape index (κ3) is 3.99. The fourth-order valence-corrected chi connectivity index (χ4v) is 3.73. The number of fused-ring (bicyclic) bond motifs is 4. The molecular formula is C20H21F3N6O2.